The quantitative estimate of drug-likeness (QED) is 0.880. The molecule has 0 saturated heterocycles. The standard InChI is InChI=1S/C15H13FN2/c1-2-12-5-3-4-6-15(12)18-14-8-11(10-17)7-13(16)9-14/h3-9,18H,2H2,1H3. The molecule has 3 heteroatoms. The Hall–Kier alpha value is -2.34. The van der Waals surface area contributed by atoms with Crippen LogP contribution in [0.1, 0.15) is 18.1 Å². The summed E-state index contributed by atoms with van der Waals surface area (Å²) in [7, 11) is 0. The molecule has 0 aliphatic rings. The maximum Gasteiger partial charge on any atom is 0.126 e. The van der Waals surface area contributed by atoms with E-state index >= 15 is 0 Å². The molecule has 90 valence electrons. The van der Waals surface area contributed by atoms with Gasteiger partial charge >= 0.3 is 0 Å². The van der Waals surface area contributed by atoms with E-state index in [-0.39, 0.29) is 0 Å². The number of anilines is 2. The molecule has 0 fully saturated rings. The van der Waals surface area contributed by atoms with E-state index in [0.29, 0.717) is 11.3 Å². The van der Waals surface area contributed by atoms with Crippen molar-refractivity contribution >= 4 is 11.4 Å². The zero-order valence-electron chi connectivity index (χ0n) is 10.1. The predicted octanol–water partition coefficient (Wildman–Crippen LogP) is 4.00. The fraction of sp³-hybridized carbons (Fsp3) is 0.133. The summed E-state index contributed by atoms with van der Waals surface area (Å²) in [5, 5.41) is 12.0. The molecule has 0 saturated carbocycles. The average molecular weight is 240 g/mol. The number of rotatable bonds is 3. The molecule has 0 aromatic heterocycles. The number of nitrogens with zero attached hydrogens (tertiary/aromatic N) is 1. The van der Waals surface area contributed by atoms with Crippen LogP contribution in [0, 0.1) is 17.1 Å². The molecule has 18 heavy (non-hydrogen) atoms. The third-order valence-corrected chi connectivity index (χ3v) is 2.70. The molecule has 0 unspecified atom stereocenters. The molecular formula is C15H13FN2. The summed E-state index contributed by atoms with van der Waals surface area (Å²) >= 11 is 0. The van der Waals surface area contributed by atoms with Gasteiger partial charge in [-0.2, -0.15) is 5.26 Å². The first kappa shape index (κ1) is 12.1. The summed E-state index contributed by atoms with van der Waals surface area (Å²) in [4.78, 5) is 0. The van der Waals surface area contributed by atoms with Crippen LogP contribution in [0.4, 0.5) is 15.8 Å². The Bertz CT molecular complexity index is 600. The highest BCUT2D eigenvalue weighted by Crippen LogP contribution is 2.22. The van der Waals surface area contributed by atoms with Crippen molar-refractivity contribution in [2.45, 2.75) is 13.3 Å². The lowest BCUT2D eigenvalue weighted by Gasteiger charge is -2.11. The molecule has 2 aromatic carbocycles. The first-order valence-corrected chi connectivity index (χ1v) is 5.78. The Labute approximate surface area is 106 Å². The van der Waals surface area contributed by atoms with Gasteiger partial charge < -0.3 is 5.32 Å². The lowest BCUT2D eigenvalue weighted by atomic mass is 10.1. The van der Waals surface area contributed by atoms with Crippen LogP contribution in [-0.4, -0.2) is 0 Å². The van der Waals surface area contributed by atoms with Crippen LogP contribution in [0.3, 0.4) is 0 Å². The topological polar surface area (TPSA) is 35.8 Å². The maximum absolute atomic E-state index is 13.3. The molecule has 0 spiro atoms. The highest BCUT2D eigenvalue weighted by molar-refractivity contribution is 5.64. The first-order chi connectivity index (χ1) is 8.72. The summed E-state index contributed by atoms with van der Waals surface area (Å²) in [6.45, 7) is 2.06. The second-order valence-corrected chi connectivity index (χ2v) is 3.98. The number of benzene rings is 2. The van der Waals surface area contributed by atoms with E-state index in [1.807, 2.05) is 30.3 Å². The van der Waals surface area contributed by atoms with Gasteiger partial charge in [0.25, 0.3) is 0 Å². The summed E-state index contributed by atoms with van der Waals surface area (Å²) in [5.74, 6) is -0.412. The summed E-state index contributed by atoms with van der Waals surface area (Å²) < 4.78 is 13.3. The normalized spacial score (nSPS) is 9.83. The number of nitrogens with one attached hydrogen (secondary N) is 1. The average Bonchev–Trinajstić information content (AvgIpc) is 2.38. The van der Waals surface area contributed by atoms with E-state index in [1.165, 1.54) is 12.1 Å². The third kappa shape index (κ3) is 2.67. The van der Waals surface area contributed by atoms with Crippen LogP contribution < -0.4 is 5.32 Å². The zero-order chi connectivity index (χ0) is 13.0. The van der Waals surface area contributed by atoms with E-state index in [0.717, 1.165) is 17.7 Å². The zero-order valence-corrected chi connectivity index (χ0v) is 10.1. The first-order valence-electron chi connectivity index (χ1n) is 5.78. The minimum absolute atomic E-state index is 0.312. The molecule has 2 nitrogen and oxygen atoms in total. The minimum atomic E-state index is -0.412. The van der Waals surface area contributed by atoms with Crippen LogP contribution in [0.15, 0.2) is 42.5 Å². The van der Waals surface area contributed by atoms with E-state index in [4.69, 9.17) is 5.26 Å². The monoisotopic (exact) mass is 240 g/mol. The van der Waals surface area contributed by atoms with Crippen LogP contribution in [0.2, 0.25) is 0 Å². The number of nitriles is 1. The van der Waals surface area contributed by atoms with Gasteiger partial charge in [-0.15, -0.1) is 0 Å². The largest absolute Gasteiger partial charge is 0.355 e. The Morgan fingerprint density at radius 3 is 2.72 bits per heavy atom. The Morgan fingerprint density at radius 1 is 1.22 bits per heavy atom. The Balaban J connectivity index is 2.34. The van der Waals surface area contributed by atoms with Crippen molar-refractivity contribution in [1.82, 2.24) is 0 Å². The highest BCUT2D eigenvalue weighted by Gasteiger charge is 2.03. The van der Waals surface area contributed by atoms with Gasteiger partial charge in [0.05, 0.1) is 11.6 Å². The summed E-state index contributed by atoms with van der Waals surface area (Å²) in [5.41, 5.74) is 2.99. The SMILES string of the molecule is CCc1ccccc1Nc1cc(F)cc(C#N)c1. The molecule has 1 N–H and O–H groups in total. The van der Waals surface area contributed by atoms with Crippen LogP contribution in [0.5, 0.6) is 0 Å². The van der Waals surface area contributed by atoms with Crippen molar-refractivity contribution in [3.63, 3.8) is 0 Å². The lowest BCUT2D eigenvalue weighted by molar-refractivity contribution is 0.628. The molecule has 0 heterocycles. The van der Waals surface area contributed by atoms with Crippen LogP contribution >= 0.6 is 0 Å². The molecule has 2 aromatic rings. The fourth-order valence-corrected chi connectivity index (χ4v) is 1.83. The van der Waals surface area contributed by atoms with Crippen LogP contribution in [0.25, 0.3) is 0 Å². The highest BCUT2D eigenvalue weighted by atomic mass is 19.1. The molecule has 0 bridgehead atoms. The number of halogens is 1. The van der Waals surface area contributed by atoms with Crippen LogP contribution in [-0.2, 0) is 6.42 Å². The van der Waals surface area contributed by atoms with Crippen molar-refractivity contribution in [1.29, 1.82) is 5.26 Å². The molecule has 0 amide bonds. The van der Waals surface area contributed by atoms with Crippen molar-refractivity contribution in [3.05, 3.63) is 59.4 Å². The van der Waals surface area contributed by atoms with Gasteiger partial charge in [-0.05, 0) is 36.2 Å². The minimum Gasteiger partial charge on any atom is -0.355 e. The summed E-state index contributed by atoms with van der Waals surface area (Å²) in [6, 6.07) is 14.0. The smallest absolute Gasteiger partial charge is 0.126 e. The van der Waals surface area contributed by atoms with E-state index in [2.05, 4.69) is 12.2 Å². The Kier molecular flexibility index (Phi) is 3.59. The van der Waals surface area contributed by atoms with Crippen molar-refractivity contribution in [3.8, 4) is 6.07 Å². The van der Waals surface area contributed by atoms with E-state index in [9.17, 15) is 4.39 Å². The molecule has 0 aliphatic heterocycles. The molecule has 0 aliphatic carbocycles. The van der Waals surface area contributed by atoms with Gasteiger partial charge in [0, 0.05) is 11.4 Å². The molecular weight excluding hydrogens is 227 g/mol. The number of hydrogen-bond acceptors (Lipinski definition) is 2. The second-order valence-electron chi connectivity index (χ2n) is 3.98. The van der Waals surface area contributed by atoms with Crippen molar-refractivity contribution < 1.29 is 4.39 Å². The predicted molar refractivity (Wildman–Crippen MR) is 70.2 cm³/mol. The number of para-hydroxylation sites is 1. The van der Waals surface area contributed by atoms with E-state index in [1.54, 1.807) is 6.07 Å². The van der Waals surface area contributed by atoms with Crippen molar-refractivity contribution in [2.75, 3.05) is 5.32 Å². The lowest BCUT2D eigenvalue weighted by Crippen LogP contribution is -1.96. The van der Waals surface area contributed by atoms with Gasteiger partial charge in [0.1, 0.15) is 5.82 Å². The van der Waals surface area contributed by atoms with E-state index < -0.39 is 5.82 Å². The molecule has 2 rings (SSSR count). The third-order valence-electron chi connectivity index (χ3n) is 2.70. The van der Waals surface area contributed by atoms with Gasteiger partial charge in [0.2, 0.25) is 0 Å². The summed E-state index contributed by atoms with van der Waals surface area (Å²) in [6.07, 6.45) is 0.892. The van der Waals surface area contributed by atoms with Gasteiger partial charge in [-0.25, -0.2) is 4.39 Å². The Morgan fingerprint density at radius 2 is 2.00 bits per heavy atom. The number of aryl methyl sites for hydroxylation is 1. The second kappa shape index (κ2) is 5.33. The van der Waals surface area contributed by atoms with Gasteiger partial charge in [-0.1, -0.05) is 25.1 Å². The van der Waals surface area contributed by atoms with Gasteiger partial charge in [-0.3, -0.25) is 0 Å². The fourth-order valence-electron chi connectivity index (χ4n) is 1.83. The van der Waals surface area contributed by atoms with Gasteiger partial charge in [0.15, 0.2) is 0 Å². The molecule has 0 atom stereocenters. The molecule has 0 radical (unpaired) electrons. The maximum atomic E-state index is 13.3. The van der Waals surface area contributed by atoms with Crippen molar-refractivity contribution in [2.24, 2.45) is 0 Å². The number of hydrogen-bond donors (Lipinski definition) is 1.